The van der Waals surface area contributed by atoms with Crippen LogP contribution >= 0.6 is 0 Å². The second-order valence-corrected chi connectivity index (χ2v) is 5.04. The van der Waals surface area contributed by atoms with Crippen LogP contribution in [0, 0.1) is 5.82 Å². The molecule has 0 spiro atoms. The Bertz CT molecular complexity index is 882. The summed E-state index contributed by atoms with van der Waals surface area (Å²) in [6, 6.07) is 12.8. The Morgan fingerprint density at radius 3 is 2.57 bits per heavy atom. The Kier molecular flexibility index (Phi) is 3.89. The molecule has 3 rings (SSSR count). The van der Waals surface area contributed by atoms with Crippen LogP contribution in [0.25, 0.3) is 5.69 Å². The molecule has 1 heterocycles. The van der Waals surface area contributed by atoms with E-state index in [0.717, 1.165) is 10.1 Å². The highest BCUT2D eigenvalue weighted by Gasteiger charge is 2.17. The van der Waals surface area contributed by atoms with Crippen LogP contribution in [0.3, 0.4) is 0 Å². The summed E-state index contributed by atoms with van der Waals surface area (Å²) < 4.78 is 19.3. The minimum Gasteiger partial charge on any atom is -0.495 e. The molecule has 1 aromatic heterocycles. The molecule has 23 heavy (non-hydrogen) atoms. The normalized spacial score (nSPS) is 10.7. The van der Waals surface area contributed by atoms with E-state index < -0.39 is 5.69 Å². The molecule has 2 N–H and O–H groups in total. The SMILES string of the molecule is COc1ccccc1-n1c(O)c(Cc2ccc(F)cc2)[nH]c1=O. The van der Waals surface area contributed by atoms with Crippen molar-refractivity contribution in [1.82, 2.24) is 9.55 Å². The average molecular weight is 314 g/mol. The van der Waals surface area contributed by atoms with Gasteiger partial charge in [-0.3, -0.25) is 0 Å². The van der Waals surface area contributed by atoms with Crippen LogP contribution in [0.2, 0.25) is 0 Å². The molecule has 0 unspecified atom stereocenters. The largest absolute Gasteiger partial charge is 0.495 e. The predicted octanol–water partition coefficient (Wildman–Crippen LogP) is 2.61. The lowest BCUT2D eigenvalue weighted by Crippen LogP contribution is -2.15. The molecule has 0 aliphatic heterocycles. The van der Waals surface area contributed by atoms with E-state index in [1.165, 1.54) is 19.2 Å². The molecule has 0 amide bonds. The molecular formula is C17H15FN2O3. The van der Waals surface area contributed by atoms with Gasteiger partial charge in [-0.15, -0.1) is 0 Å². The first-order valence-electron chi connectivity index (χ1n) is 7.01. The lowest BCUT2D eigenvalue weighted by atomic mass is 10.1. The molecule has 0 saturated heterocycles. The van der Waals surface area contributed by atoms with Crippen molar-refractivity contribution in [3.05, 3.63) is 76.1 Å². The van der Waals surface area contributed by atoms with E-state index in [1.807, 2.05) is 0 Å². The zero-order chi connectivity index (χ0) is 16.4. The fraction of sp³-hybridized carbons (Fsp3) is 0.118. The second-order valence-electron chi connectivity index (χ2n) is 5.04. The molecular weight excluding hydrogens is 299 g/mol. The minimum absolute atomic E-state index is 0.191. The van der Waals surface area contributed by atoms with Gasteiger partial charge in [-0.05, 0) is 29.8 Å². The fourth-order valence-corrected chi connectivity index (χ4v) is 2.44. The summed E-state index contributed by atoms with van der Waals surface area (Å²) in [5.74, 6) is -0.0564. The number of ether oxygens (including phenoxy) is 1. The third-order valence-electron chi connectivity index (χ3n) is 3.56. The van der Waals surface area contributed by atoms with Crippen molar-refractivity contribution in [1.29, 1.82) is 0 Å². The van der Waals surface area contributed by atoms with Crippen molar-refractivity contribution < 1.29 is 14.2 Å². The van der Waals surface area contributed by atoms with Crippen molar-refractivity contribution in [2.75, 3.05) is 7.11 Å². The van der Waals surface area contributed by atoms with Crippen molar-refractivity contribution in [3.63, 3.8) is 0 Å². The number of hydrogen-bond acceptors (Lipinski definition) is 3. The Morgan fingerprint density at radius 2 is 1.87 bits per heavy atom. The van der Waals surface area contributed by atoms with Gasteiger partial charge >= 0.3 is 5.69 Å². The van der Waals surface area contributed by atoms with Crippen LogP contribution in [0.15, 0.2) is 53.3 Å². The summed E-state index contributed by atoms with van der Waals surface area (Å²) >= 11 is 0. The zero-order valence-corrected chi connectivity index (χ0v) is 12.4. The topological polar surface area (TPSA) is 67.2 Å². The summed E-state index contributed by atoms with van der Waals surface area (Å²) in [5.41, 5.74) is 1.10. The zero-order valence-electron chi connectivity index (χ0n) is 12.4. The average Bonchev–Trinajstić information content (AvgIpc) is 2.83. The van der Waals surface area contributed by atoms with Gasteiger partial charge in [-0.1, -0.05) is 24.3 Å². The first-order chi connectivity index (χ1) is 11.1. The Balaban J connectivity index is 2.03. The maximum Gasteiger partial charge on any atom is 0.333 e. The number of methoxy groups -OCH3 is 1. The van der Waals surface area contributed by atoms with Gasteiger partial charge in [0.15, 0.2) is 0 Å². The van der Waals surface area contributed by atoms with Gasteiger partial charge in [0.2, 0.25) is 5.88 Å². The summed E-state index contributed by atoms with van der Waals surface area (Å²) in [6.45, 7) is 0. The van der Waals surface area contributed by atoms with Crippen LogP contribution in [-0.2, 0) is 6.42 Å². The van der Waals surface area contributed by atoms with Crippen molar-refractivity contribution in [2.24, 2.45) is 0 Å². The number of nitrogens with zero attached hydrogens (tertiary/aromatic N) is 1. The molecule has 0 fully saturated rings. The standard InChI is InChI=1S/C17H15FN2O3/c1-23-15-5-3-2-4-14(15)20-16(21)13(19-17(20)22)10-11-6-8-12(18)9-7-11/h2-9,21H,10H2,1H3,(H,19,22). The van der Waals surface area contributed by atoms with Crippen LogP contribution in [-0.4, -0.2) is 21.8 Å². The van der Waals surface area contributed by atoms with E-state index >= 15 is 0 Å². The maximum atomic E-state index is 13.0. The minimum atomic E-state index is -0.468. The van der Waals surface area contributed by atoms with Gasteiger partial charge in [0.25, 0.3) is 0 Å². The molecule has 0 radical (unpaired) electrons. The summed E-state index contributed by atoms with van der Waals surface area (Å²) in [4.78, 5) is 14.8. The number of nitrogens with one attached hydrogen (secondary N) is 1. The first-order valence-corrected chi connectivity index (χ1v) is 7.01. The smallest absolute Gasteiger partial charge is 0.333 e. The molecule has 0 saturated carbocycles. The fourth-order valence-electron chi connectivity index (χ4n) is 2.44. The number of halogens is 1. The molecule has 6 heteroatoms. The molecule has 118 valence electrons. The van der Waals surface area contributed by atoms with Crippen molar-refractivity contribution in [3.8, 4) is 17.3 Å². The highest BCUT2D eigenvalue weighted by atomic mass is 19.1. The molecule has 0 aliphatic carbocycles. The number of para-hydroxylation sites is 2. The Hall–Kier alpha value is -3.02. The van der Waals surface area contributed by atoms with E-state index in [4.69, 9.17) is 4.74 Å². The number of imidazole rings is 1. The molecule has 0 atom stereocenters. The number of aromatic hydroxyl groups is 1. The van der Waals surface area contributed by atoms with Gasteiger partial charge in [0.05, 0.1) is 18.5 Å². The third kappa shape index (κ3) is 2.83. The number of aromatic nitrogens is 2. The van der Waals surface area contributed by atoms with Gasteiger partial charge < -0.3 is 14.8 Å². The molecule has 0 aliphatic rings. The third-order valence-corrected chi connectivity index (χ3v) is 3.56. The van der Waals surface area contributed by atoms with Crippen LogP contribution < -0.4 is 10.4 Å². The van der Waals surface area contributed by atoms with E-state index in [0.29, 0.717) is 17.1 Å². The van der Waals surface area contributed by atoms with Gasteiger partial charge in [-0.2, -0.15) is 0 Å². The Labute approximate surface area is 131 Å². The summed E-state index contributed by atoms with van der Waals surface area (Å²) in [7, 11) is 1.49. The highest BCUT2D eigenvalue weighted by Crippen LogP contribution is 2.27. The monoisotopic (exact) mass is 314 g/mol. The van der Waals surface area contributed by atoms with Gasteiger partial charge in [-0.25, -0.2) is 13.8 Å². The number of hydrogen-bond donors (Lipinski definition) is 2. The Morgan fingerprint density at radius 1 is 1.17 bits per heavy atom. The number of aromatic amines is 1. The van der Waals surface area contributed by atoms with Gasteiger partial charge in [0, 0.05) is 6.42 Å². The second kappa shape index (κ2) is 6.00. The van der Waals surface area contributed by atoms with Crippen LogP contribution in [0.1, 0.15) is 11.3 Å². The highest BCUT2D eigenvalue weighted by molar-refractivity contribution is 5.49. The molecule has 0 bridgehead atoms. The number of rotatable bonds is 4. The molecule has 2 aromatic carbocycles. The molecule has 3 aromatic rings. The maximum absolute atomic E-state index is 13.0. The lowest BCUT2D eigenvalue weighted by Gasteiger charge is -2.09. The van der Waals surface area contributed by atoms with E-state index in [2.05, 4.69) is 4.98 Å². The van der Waals surface area contributed by atoms with E-state index in [1.54, 1.807) is 36.4 Å². The summed E-state index contributed by atoms with van der Waals surface area (Å²) in [6.07, 6.45) is 0.281. The number of benzene rings is 2. The van der Waals surface area contributed by atoms with Crippen LogP contribution in [0.5, 0.6) is 11.6 Å². The van der Waals surface area contributed by atoms with Gasteiger partial charge in [0.1, 0.15) is 11.6 Å². The van der Waals surface area contributed by atoms with E-state index in [9.17, 15) is 14.3 Å². The quantitative estimate of drug-likeness (QED) is 0.778. The molecule has 5 nitrogen and oxygen atoms in total. The lowest BCUT2D eigenvalue weighted by molar-refractivity contribution is 0.404. The first kappa shape index (κ1) is 14.9. The predicted molar refractivity (Wildman–Crippen MR) is 83.8 cm³/mol. The van der Waals surface area contributed by atoms with Crippen LogP contribution in [0.4, 0.5) is 4.39 Å². The van der Waals surface area contributed by atoms with Crippen molar-refractivity contribution >= 4 is 0 Å². The van der Waals surface area contributed by atoms with E-state index in [-0.39, 0.29) is 18.1 Å². The number of H-pyrrole nitrogens is 1. The van der Waals surface area contributed by atoms with Crippen molar-refractivity contribution in [2.45, 2.75) is 6.42 Å². The summed E-state index contributed by atoms with van der Waals surface area (Å²) in [5, 5.41) is 10.4.